The third-order valence-corrected chi connectivity index (χ3v) is 3.71. The lowest BCUT2D eigenvalue weighted by molar-refractivity contribution is -0.269. The number of halogens is 4. The Bertz CT molecular complexity index is 716. The summed E-state index contributed by atoms with van der Waals surface area (Å²) in [6.07, 6.45) is -3.67. The van der Waals surface area contributed by atoms with Crippen molar-refractivity contribution in [2.45, 2.75) is 11.8 Å². The fourth-order valence-electron chi connectivity index (χ4n) is 2.21. The number of ether oxygens (including phenoxy) is 1. The highest BCUT2D eigenvalue weighted by atomic mass is 79.9. The molecule has 1 atom stereocenters. The zero-order valence-corrected chi connectivity index (χ0v) is 13.2. The van der Waals surface area contributed by atoms with Gasteiger partial charge in [-0.3, -0.25) is 10.3 Å². The van der Waals surface area contributed by atoms with Crippen molar-refractivity contribution in [1.29, 1.82) is 0 Å². The van der Waals surface area contributed by atoms with E-state index in [4.69, 9.17) is 9.57 Å². The average Bonchev–Trinajstić information content (AvgIpc) is 2.92. The van der Waals surface area contributed by atoms with Gasteiger partial charge in [0.2, 0.25) is 5.60 Å². The molecular weight excluding hydrogens is 375 g/mol. The lowest BCUT2D eigenvalue weighted by atomic mass is 9.93. The molecule has 0 saturated carbocycles. The number of hydroxylamine groups is 1. The molecule has 3 nitrogen and oxygen atoms in total. The molecule has 2 aromatic carbocycles. The number of hydrogen-bond acceptors (Lipinski definition) is 3. The standard InChI is InChI=1S/C16H11BrF3NO2/c17-14-10-15(23-21-14,16(18,19)20)11-6-8-13(9-7-11)22-12-4-2-1-3-5-12/h1-10,21H/t15-/m1/s1. The van der Waals surface area contributed by atoms with E-state index in [-0.39, 0.29) is 10.2 Å². The Morgan fingerprint density at radius 1 is 0.957 bits per heavy atom. The number of hydrogen-bond donors (Lipinski definition) is 1. The van der Waals surface area contributed by atoms with E-state index in [1.165, 1.54) is 24.3 Å². The van der Waals surface area contributed by atoms with Gasteiger partial charge >= 0.3 is 6.18 Å². The molecule has 2 aromatic rings. The Hall–Kier alpha value is -1.99. The second-order valence-corrected chi connectivity index (χ2v) is 5.72. The molecule has 0 radical (unpaired) electrons. The summed E-state index contributed by atoms with van der Waals surface area (Å²) in [5.74, 6) is 1.04. The van der Waals surface area contributed by atoms with Crippen LogP contribution in [0.5, 0.6) is 11.5 Å². The first-order valence-corrected chi connectivity index (χ1v) is 7.42. The van der Waals surface area contributed by atoms with E-state index in [0.29, 0.717) is 11.5 Å². The molecule has 3 rings (SSSR count). The van der Waals surface area contributed by atoms with Crippen LogP contribution >= 0.6 is 15.9 Å². The molecule has 0 unspecified atom stereocenters. The maximum Gasteiger partial charge on any atom is 0.428 e. The summed E-state index contributed by atoms with van der Waals surface area (Å²) in [5, 5.41) is 0. The molecule has 0 aliphatic carbocycles. The van der Waals surface area contributed by atoms with Gasteiger partial charge < -0.3 is 4.74 Å². The summed E-state index contributed by atoms with van der Waals surface area (Å²) >= 11 is 2.96. The Morgan fingerprint density at radius 3 is 2.09 bits per heavy atom. The first-order valence-electron chi connectivity index (χ1n) is 6.63. The molecular formula is C16H11BrF3NO2. The van der Waals surface area contributed by atoms with E-state index >= 15 is 0 Å². The van der Waals surface area contributed by atoms with Gasteiger partial charge in [0.1, 0.15) is 16.1 Å². The molecule has 0 bridgehead atoms. The largest absolute Gasteiger partial charge is 0.457 e. The van der Waals surface area contributed by atoms with Crippen molar-refractivity contribution in [2.24, 2.45) is 0 Å². The minimum atomic E-state index is -4.61. The summed E-state index contributed by atoms with van der Waals surface area (Å²) in [6, 6.07) is 14.6. The summed E-state index contributed by atoms with van der Waals surface area (Å²) < 4.78 is 46.1. The van der Waals surface area contributed by atoms with Gasteiger partial charge in [-0.2, -0.15) is 13.2 Å². The first-order chi connectivity index (χ1) is 10.9. The van der Waals surface area contributed by atoms with Crippen molar-refractivity contribution >= 4 is 15.9 Å². The Labute approximate surface area is 138 Å². The number of alkyl halides is 3. The second-order valence-electron chi connectivity index (χ2n) is 4.87. The molecule has 0 spiro atoms. The van der Waals surface area contributed by atoms with Crippen LogP contribution in [0.3, 0.4) is 0 Å². The van der Waals surface area contributed by atoms with Crippen LogP contribution in [-0.2, 0) is 10.4 Å². The predicted molar refractivity (Wildman–Crippen MR) is 81.9 cm³/mol. The van der Waals surface area contributed by atoms with Crippen molar-refractivity contribution in [3.05, 3.63) is 70.8 Å². The smallest absolute Gasteiger partial charge is 0.428 e. The van der Waals surface area contributed by atoms with E-state index in [2.05, 4.69) is 21.4 Å². The molecule has 0 amide bonds. The van der Waals surface area contributed by atoms with Gasteiger partial charge in [-0.15, -0.1) is 0 Å². The molecule has 0 aromatic heterocycles. The van der Waals surface area contributed by atoms with Crippen molar-refractivity contribution in [1.82, 2.24) is 5.48 Å². The highest BCUT2D eigenvalue weighted by Gasteiger charge is 2.59. The van der Waals surface area contributed by atoms with E-state index < -0.39 is 11.8 Å². The van der Waals surface area contributed by atoms with Gasteiger partial charge in [0, 0.05) is 0 Å². The molecule has 23 heavy (non-hydrogen) atoms. The van der Waals surface area contributed by atoms with Crippen molar-refractivity contribution in [3.63, 3.8) is 0 Å². The van der Waals surface area contributed by atoms with Crippen LogP contribution in [-0.4, -0.2) is 6.18 Å². The summed E-state index contributed by atoms with van der Waals surface area (Å²) in [6.45, 7) is 0. The van der Waals surface area contributed by atoms with Gasteiger partial charge in [-0.1, -0.05) is 30.3 Å². The maximum absolute atomic E-state index is 13.5. The van der Waals surface area contributed by atoms with Crippen LogP contribution < -0.4 is 10.2 Å². The minimum Gasteiger partial charge on any atom is -0.457 e. The fraction of sp³-hybridized carbons (Fsp3) is 0.125. The second kappa shape index (κ2) is 5.90. The van der Waals surface area contributed by atoms with Crippen LogP contribution in [0.4, 0.5) is 13.2 Å². The lowest BCUT2D eigenvalue weighted by Crippen LogP contribution is -2.42. The number of benzene rings is 2. The summed E-state index contributed by atoms with van der Waals surface area (Å²) in [7, 11) is 0. The molecule has 1 N–H and O–H groups in total. The molecule has 1 aliphatic heterocycles. The van der Waals surface area contributed by atoms with Crippen LogP contribution in [0.15, 0.2) is 65.3 Å². The number of nitrogens with one attached hydrogen (secondary N) is 1. The number of rotatable bonds is 3. The van der Waals surface area contributed by atoms with Gasteiger partial charge in [0.25, 0.3) is 0 Å². The van der Waals surface area contributed by atoms with Crippen LogP contribution in [0, 0.1) is 0 Å². The number of para-hydroxylation sites is 1. The van der Waals surface area contributed by atoms with E-state index in [1.54, 1.807) is 12.1 Å². The normalized spacial score (nSPS) is 20.8. The summed E-state index contributed by atoms with van der Waals surface area (Å²) in [5.41, 5.74) is -0.383. The first kappa shape index (κ1) is 15.9. The molecule has 120 valence electrons. The quantitative estimate of drug-likeness (QED) is 0.753. The van der Waals surface area contributed by atoms with Crippen molar-refractivity contribution in [3.8, 4) is 11.5 Å². The molecule has 1 heterocycles. The van der Waals surface area contributed by atoms with Crippen LogP contribution in [0.25, 0.3) is 0 Å². The topological polar surface area (TPSA) is 30.5 Å². The van der Waals surface area contributed by atoms with Gasteiger partial charge in [-0.25, -0.2) is 0 Å². The molecule has 7 heteroatoms. The van der Waals surface area contributed by atoms with Gasteiger partial charge in [0.15, 0.2) is 0 Å². The van der Waals surface area contributed by atoms with Crippen LogP contribution in [0.2, 0.25) is 0 Å². The monoisotopic (exact) mass is 385 g/mol. The maximum atomic E-state index is 13.5. The highest BCUT2D eigenvalue weighted by molar-refractivity contribution is 9.11. The predicted octanol–water partition coefficient (Wildman–Crippen LogP) is 5.01. The third-order valence-electron chi connectivity index (χ3n) is 3.32. The highest BCUT2D eigenvalue weighted by Crippen LogP contribution is 2.46. The van der Waals surface area contributed by atoms with E-state index in [0.717, 1.165) is 6.08 Å². The van der Waals surface area contributed by atoms with E-state index in [9.17, 15) is 13.2 Å². The van der Waals surface area contributed by atoms with Crippen molar-refractivity contribution in [2.75, 3.05) is 0 Å². The zero-order chi connectivity index (χ0) is 16.5. The minimum absolute atomic E-state index is 0.0487. The molecule has 0 saturated heterocycles. The zero-order valence-electron chi connectivity index (χ0n) is 11.6. The average molecular weight is 386 g/mol. The van der Waals surface area contributed by atoms with Crippen LogP contribution in [0.1, 0.15) is 5.56 Å². The Balaban J connectivity index is 1.89. The Morgan fingerprint density at radius 2 is 1.57 bits per heavy atom. The molecule has 0 fully saturated rings. The molecule has 1 aliphatic rings. The SMILES string of the molecule is FC(F)(F)[C@]1(c2ccc(Oc3ccccc3)cc2)C=C(Br)NO1. The van der Waals surface area contributed by atoms with Gasteiger partial charge in [-0.05, 0) is 51.8 Å². The van der Waals surface area contributed by atoms with E-state index in [1.807, 2.05) is 18.2 Å². The summed E-state index contributed by atoms with van der Waals surface area (Å²) in [4.78, 5) is 4.81. The Kier molecular flexibility index (Phi) is 4.08. The van der Waals surface area contributed by atoms with Gasteiger partial charge in [0.05, 0.1) is 0 Å². The van der Waals surface area contributed by atoms with Crippen molar-refractivity contribution < 1.29 is 22.7 Å². The fourth-order valence-corrected chi connectivity index (χ4v) is 2.61. The lowest BCUT2D eigenvalue weighted by Gasteiger charge is -2.28. The third kappa shape index (κ3) is 3.07.